The predicted octanol–water partition coefficient (Wildman–Crippen LogP) is 4.75. The molecule has 3 aromatic carbocycles. The van der Waals surface area contributed by atoms with Crippen LogP contribution in [-0.2, 0) is 14.3 Å². The summed E-state index contributed by atoms with van der Waals surface area (Å²) in [4.78, 5) is 30.8. The Kier molecular flexibility index (Phi) is 8.42. The minimum absolute atomic E-state index is 0.0219. The quantitative estimate of drug-likeness (QED) is 0.219. The SMILES string of the molecule is CO[C@@]1(C(=O)Nc2ccc3[nH]nc(-c4ccc(F)cc4)c3c2)CCN(CC(=O)N2CC=C(c3ccc(-c4ccc(N)nn4)cc3)CC2)C1. The lowest BCUT2D eigenvalue weighted by atomic mass is 9.97. The van der Waals surface area contributed by atoms with Gasteiger partial charge in [0.15, 0.2) is 5.60 Å². The Morgan fingerprint density at radius 2 is 1.75 bits per heavy atom. The molecule has 5 aromatic rings. The first-order valence-corrected chi connectivity index (χ1v) is 15.8. The van der Waals surface area contributed by atoms with E-state index in [0.29, 0.717) is 49.8 Å². The standard InChI is InChI=1S/C36H35FN8O3/c1-48-36(35(47)39-28-10-11-31-29(20-28)34(43-41-31)26-6-8-27(37)9-7-26)16-19-44(22-36)21-33(46)45-17-14-24(15-18-45)23-2-4-25(5-3-23)30-12-13-32(38)42-40-30/h2-14,20H,15-19,21-22H2,1H3,(H2,38,42)(H,39,47)(H,41,43)/t36-/m0/s1. The number of H-pyrrole nitrogens is 1. The van der Waals surface area contributed by atoms with E-state index in [2.05, 4.69) is 43.9 Å². The zero-order valence-electron chi connectivity index (χ0n) is 26.4. The first-order valence-electron chi connectivity index (χ1n) is 15.8. The molecular weight excluding hydrogens is 611 g/mol. The lowest BCUT2D eigenvalue weighted by Crippen LogP contribution is -2.48. The molecule has 0 bridgehead atoms. The number of nitrogens with zero attached hydrogens (tertiary/aromatic N) is 5. The highest BCUT2D eigenvalue weighted by molar-refractivity contribution is 6.01. The number of carbonyl (C=O) groups excluding carboxylic acids is 2. The molecule has 2 aliphatic rings. The molecule has 1 fully saturated rings. The average molecular weight is 647 g/mol. The number of nitrogens with one attached hydrogen (secondary N) is 2. The van der Waals surface area contributed by atoms with Crippen LogP contribution in [0.4, 0.5) is 15.9 Å². The van der Waals surface area contributed by atoms with Crippen LogP contribution in [-0.4, -0.2) is 87.4 Å². The van der Waals surface area contributed by atoms with Crippen LogP contribution in [0, 0.1) is 5.82 Å². The van der Waals surface area contributed by atoms with Crippen LogP contribution in [0.1, 0.15) is 18.4 Å². The number of amides is 2. The lowest BCUT2D eigenvalue weighted by Gasteiger charge is -2.30. The third-order valence-corrected chi connectivity index (χ3v) is 9.21. The molecule has 2 aliphatic heterocycles. The Balaban J connectivity index is 0.956. The van der Waals surface area contributed by atoms with E-state index in [-0.39, 0.29) is 24.2 Å². The number of carbonyl (C=O) groups is 2. The van der Waals surface area contributed by atoms with Crippen molar-refractivity contribution in [2.75, 3.05) is 50.9 Å². The number of nitrogens with two attached hydrogens (primary N) is 1. The summed E-state index contributed by atoms with van der Waals surface area (Å²) in [6, 6.07) is 23.3. The summed E-state index contributed by atoms with van der Waals surface area (Å²) in [7, 11) is 1.53. The van der Waals surface area contributed by atoms with Gasteiger partial charge in [-0.1, -0.05) is 30.3 Å². The molecule has 4 heterocycles. The summed E-state index contributed by atoms with van der Waals surface area (Å²) < 4.78 is 19.3. The Hall–Kier alpha value is -5.46. The van der Waals surface area contributed by atoms with Crippen molar-refractivity contribution < 1.29 is 18.7 Å². The Morgan fingerprint density at radius 3 is 2.46 bits per heavy atom. The van der Waals surface area contributed by atoms with Crippen LogP contribution in [0.5, 0.6) is 0 Å². The molecule has 0 unspecified atom stereocenters. The zero-order valence-corrected chi connectivity index (χ0v) is 26.4. The number of hydrogen-bond acceptors (Lipinski definition) is 8. The second-order valence-electron chi connectivity index (χ2n) is 12.2. The molecule has 1 saturated heterocycles. The van der Waals surface area contributed by atoms with E-state index in [1.54, 1.807) is 24.3 Å². The molecule has 7 rings (SSSR count). The first-order chi connectivity index (χ1) is 23.3. The zero-order chi connectivity index (χ0) is 33.3. The predicted molar refractivity (Wildman–Crippen MR) is 182 cm³/mol. The molecule has 2 amide bonds. The van der Waals surface area contributed by atoms with Gasteiger partial charge in [-0.3, -0.25) is 19.6 Å². The maximum absolute atomic E-state index is 13.6. The van der Waals surface area contributed by atoms with E-state index in [4.69, 9.17) is 10.5 Å². The number of nitrogen functional groups attached to an aromatic ring is 1. The summed E-state index contributed by atoms with van der Waals surface area (Å²) >= 11 is 0. The van der Waals surface area contributed by atoms with Crippen LogP contribution < -0.4 is 11.1 Å². The highest BCUT2D eigenvalue weighted by Crippen LogP contribution is 2.31. The smallest absolute Gasteiger partial charge is 0.258 e. The van der Waals surface area contributed by atoms with Gasteiger partial charge in [0.05, 0.1) is 23.4 Å². The number of benzene rings is 3. The molecular formula is C36H35FN8O3. The normalized spacial score (nSPS) is 18.2. The van der Waals surface area contributed by atoms with Crippen molar-refractivity contribution in [1.82, 2.24) is 30.2 Å². The molecule has 0 radical (unpaired) electrons. The number of methoxy groups -OCH3 is 1. The van der Waals surface area contributed by atoms with Gasteiger partial charge < -0.3 is 20.7 Å². The third kappa shape index (κ3) is 6.27. The van der Waals surface area contributed by atoms with Crippen molar-refractivity contribution in [2.24, 2.45) is 0 Å². The van der Waals surface area contributed by atoms with Crippen LogP contribution in [0.15, 0.2) is 84.9 Å². The second-order valence-corrected chi connectivity index (χ2v) is 12.2. The Bertz CT molecular complexity index is 1990. The van der Waals surface area contributed by atoms with Crippen LogP contribution in [0.25, 0.3) is 39.0 Å². The molecule has 12 heteroatoms. The fourth-order valence-corrected chi connectivity index (χ4v) is 6.40. The van der Waals surface area contributed by atoms with Gasteiger partial charge in [-0.25, -0.2) is 4.39 Å². The van der Waals surface area contributed by atoms with Gasteiger partial charge in [-0.2, -0.15) is 5.10 Å². The van der Waals surface area contributed by atoms with Crippen molar-refractivity contribution in [3.05, 3.63) is 96.3 Å². The third-order valence-electron chi connectivity index (χ3n) is 9.21. The summed E-state index contributed by atoms with van der Waals surface area (Å²) in [5, 5.41) is 19.3. The summed E-state index contributed by atoms with van der Waals surface area (Å²) in [6.07, 6.45) is 3.31. The topological polar surface area (TPSA) is 142 Å². The van der Waals surface area contributed by atoms with Crippen molar-refractivity contribution in [3.8, 4) is 22.5 Å². The molecule has 11 nitrogen and oxygen atoms in total. The van der Waals surface area contributed by atoms with Gasteiger partial charge in [-0.05, 0) is 78.6 Å². The number of ether oxygens (including phenoxy) is 1. The van der Waals surface area contributed by atoms with Crippen molar-refractivity contribution in [3.63, 3.8) is 0 Å². The first kappa shape index (κ1) is 31.2. The summed E-state index contributed by atoms with van der Waals surface area (Å²) in [5.41, 5.74) is 11.4. The van der Waals surface area contributed by atoms with Crippen LogP contribution in [0.2, 0.25) is 0 Å². The Labute approximate surface area is 276 Å². The van der Waals surface area contributed by atoms with Crippen LogP contribution >= 0.6 is 0 Å². The fourth-order valence-electron chi connectivity index (χ4n) is 6.40. The van der Waals surface area contributed by atoms with E-state index >= 15 is 0 Å². The molecule has 0 spiro atoms. The molecule has 4 N–H and O–H groups in total. The number of aromatic nitrogens is 4. The molecule has 0 saturated carbocycles. The van der Waals surface area contributed by atoms with E-state index in [0.717, 1.165) is 39.7 Å². The molecule has 244 valence electrons. The molecule has 48 heavy (non-hydrogen) atoms. The number of rotatable bonds is 8. The number of hydrogen-bond donors (Lipinski definition) is 3. The lowest BCUT2D eigenvalue weighted by molar-refractivity contribution is -0.138. The van der Waals surface area contributed by atoms with Gasteiger partial charge in [0, 0.05) is 55.5 Å². The van der Waals surface area contributed by atoms with E-state index in [1.807, 2.05) is 40.1 Å². The number of likely N-dealkylation sites (tertiary alicyclic amines) is 1. The van der Waals surface area contributed by atoms with E-state index in [9.17, 15) is 14.0 Å². The average Bonchev–Trinajstić information content (AvgIpc) is 3.74. The number of anilines is 2. The van der Waals surface area contributed by atoms with Gasteiger partial charge in [-0.15, -0.1) is 10.2 Å². The molecule has 0 aliphatic carbocycles. The van der Waals surface area contributed by atoms with Gasteiger partial charge >= 0.3 is 0 Å². The molecule has 1 atom stereocenters. The maximum Gasteiger partial charge on any atom is 0.258 e. The Morgan fingerprint density at radius 1 is 0.979 bits per heavy atom. The van der Waals surface area contributed by atoms with Crippen molar-refractivity contribution >= 4 is 39.8 Å². The van der Waals surface area contributed by atoms with Gasteiger partial charge in [0.2, 0.25) is 5.91 Å². The van der Waals surface area contributed by atoms with Crippen LogP contribution in [0.3, 0.4) is 0 Å². The molecule has 2 aromatic heterocycles. The minimum atomic E-state index is -1.09. The number of aromatic amines is 1. The second kappa shape index (κ2) is 13.0. The monoisotopic (exact) mass is 646 g/mol. The maximum atomic E-state index is 13.6. The summed E-state index contributed by atoms with van der Waals surface area (Å²) in [6.45, 7) is 2.22. The number of fused-ring (bicyclic) bond motifs is 1. The van der Waals surface area contributed by atoms with Crippen molar-refractivity contribution in [2.45, 2.75) is 18.4 Å². The fraction of sp³-hybridized carbons (Fsp3) is 0.250. The highest BCUT2D eigenvalue weighted by Gasteiger charge is 2.45. The number of halogens is 1. The summed E-state index contributed by atoms with van der Waals surface area (Å²) in [5.74, 6) is -0.190. The van der Waals surface area contributed by atoms with E-state index in [1.165, 1.54) is 24.8 Å². The van der Waals surface area contributed by atoms with E-state index < -0.39 is 5.60 Å². The minimum Gasteiger partial charge on any atom is -0.382 e. The van der Waals surface area contributed by atoms with Crippen molar-refractivity contribution in [1.29, 1.82) is 0 Å². The van der Waals surface area contributed by atoms with Gasteiger partial charge in [0.1, 0.15) is 11.6 Å². The van der Waals surface area contributed by atoms with Gasteiger partial charge in [0.25, 0.3) is 5.91 Å². The largest absolute Gasteiger partial charge is 0.382 e. The highest BCUT2D eigenvalue weighted by atomic mass is 19.1.